The summed E-state index contributed by atoms with van der Waals surface area (Å²) in [5, 5.41) is 0. The van der Waals surface area contributed by atoms with Crippen molar-refractivity contribution in [2.75, 3.05) is 26.9 Å². The average molecular weight is 358 g/mol. The van der Waals surface area contributed by atoms with Crippen LogP contribution in [0, 0.1) is 5.92 Å². The van der Waals surface area contributed by atoms with Crippen LogP contribution in [0.15, 0.2) is 23.1 Å². The fourth-order valence-corrected chi connectivity index (χ4v) is 3.01. The van der Waals surface area contributed by atoms with Crippen molar-refractivity contribution in [3.8, 4) is 5.75 Å². The Morgan fingerprint density at radius 3 is 2.58 bits per heavy atom. The predicted octanol–water partition coefficient (Wildman–Crippen LogP) is 1.53. The number of carbonyl (C=O) groups is 1. The fourth-order valence-electron chi connectivity index (χ4n) is 1.91. The van der Waals surface area contributed by atoms with E-state index in [9.17, 15) is 13.2 Å². The van der Waals surface area contributed by atoms with Gasteiger partial charge in [-0.1, -0.05) is 13.8 Å². The van der Waals surface area contributed by atoms with Gasteiger partial charge in [0.25, 0.3) is 5.91 Å². The van der Waals surface area contributed by atoms with Gasteiger partial charge >= 0.3 is 0 Å². The van der Waals surface area contributed by atoms with Crippen LogP contribution in [0.2, 0.25) is 0 Å². The molecule has 8 heteroatoms. The van der Waals surface area contributed by atoms with Gasteiger partial charge in [-0.05, 0) is 37.0 Å². The molecule has 0 aromatic heterocycles. The topological polar surface area (TPSA) is 108 Å². The Morgan fingerprint density at radius 1 is 1.29 bits per heavy atom. The molecule has 0 radical (unpaired) electrons. The fraction of sp³-hybridized carbons (Fsp3) is 0.562. The minimum Gasteiger partial charge on any atom is -0.493 e. The Bertz CT molecular complexity index is 644. The zero-order chi connectivity index (χ0) is 18.2. The summed E-state index contributed by atoms with van der Waals surface area (Å²) >= 11 is 0. The summed E-state index contributed by atoms with van der Waals surface area (Å²) in [4.78, 5) is 11.6. The SMILES string of the molecule is COCCCNS(=O)(=O)c1ccc(OCCC(C)C)c(C(N)=O)c1. The molecule has 0 saturated heterocycles. The van der Waals surface area contributed by atoms with Crippen LogP contribution in [0.25, 0.3) is 0 Å². The second kappa shape index (κ2) is 9.61. The zero-order valence-electron chi connectivity index (χ0n) is 14.4. The molecular weight excluding hydrogens is 332 g/mol. The minimum atomic E-state index is -3.72. The summed E-state index contributed by atoms with van der Waals surface area (Å²) in [5.41, 5.74) is 5.40. The Morgan fingerprint density at radius 2 is 2.00 bits per heavy atom. The van der Waals surface area contributed by atoms with Crippen LogP contribution in [0.3, 0.4) is 0 Å². The molecule has 0 aliphatic carbocycles. The number of hydrogen-bond acceptors (Lipinski definition) is 5. The van der Waals surface area contributed by atoms with Crippen molar-refractivity contribution in [2.45, 2.75) is 31.6 Å². The number of amides is 1. The van der Waals surface area contributed by atoms with E-state index in [2.05, 4.69) is 18.6 Å². The number of benzene rings is 1. The van der Waals surface area contributed by atoms with E-state index in [1.165, 1.54) is 18.2 Å². The molecule has 0 unspecified atom stereocenters. The normalized spacial score (nSPS) is 11.7. The maximum atomic E-state index is 12.2. The van der Waals surface area contributed by atoms with Gasteiger partial charge in [-0.2, -0.15) is 0 Å². The molecule has 1 amide bonds. The van der Waals surface area contributed by atoms with Gasteiger partial charge < -0.3 is 15.2 Å². The van der Waals surface area contributed by atoms with Gasteiger partial charge in [0.2, 0.25) is 10.0 Å². The molecule has 1 rings (SSSR count). The van der Waals surface area contributed by atoms with Gasteiger partial charge in [0.15, 0.2) is 0 Å². The van der Waals surface area contributed by atoms with Crippen molar-refractivity contribution in [1.29, 1.82) is 0 Å². The van der Waals surface area contributed by atoms with Crippen molar-refractivity contribution in [2.24, 2.45) is 11.7 Å². The number of sulfonamides is 1. The smallest absolute Gasteiger partial charge is 0.252 e. The second-order valence-electron chi connectivity index (χ2n) is 5.80. The zero-order valence-corrected chi connectivity index (χ0v) is 15.2. The summed E-state index contributed by atoms with van der Waals surface area (Å²) in [6.45, 7) is 5.25. The summed E-state index contributed by atoms with van der Waals surface area (Å²) in [6, 6.07) is 4.10. The maximum Gasteiger partial charge on any atom is 0.252 e. The van der Waals surface area contributed by atoms with E-state index in [1.54, 1.807) is 7.11 Å². The number of rotatable bonds is 11. The molecule has 1 aromatic carbocycles. The molecule has 0 atom stereocenters. The Hall–Kier alpha value is -1.64. The van der Waals surface area contributed by atoms with Crippen LogP contribution in [0.1, 0.15) is 37.0 Å². The number of primary amides is 1. The molecule has 136 valence electrons. The third-order valence-corrected chi connectivity index (χ3v) is 4.76. The van der Waals surface area contributed by atoms with E-state index in [4.69, 9.17) is 15.2 Å². The molecule has 1 aromatic rings. The highest BCUT2D eigenvalue weighted by molar-refractivity contribution is 7.89. The van der Waals surface area contributed by atoms with Crippen LogP contribution in [-0.2, 0) is 14.8 Å². The Balaban J connectivity index is 2.90. The third kappa shape index (κ3) is 6.46. The first-order valence-corrected chi connectivity index (χ1v) is 9.31. The van der Waals surface area contributed by atoms with Crippen LogP contribution in [0.5, 0.6) is 5.75 Å². The summed E-state index contributed by atoms with van der Waals surface area (Å²) in [7, 11) is -2.17. The van der Waals surface area contributed by atoms with Gasteiger partial charge in [-0.3, -0.25) is 4.79 Å². The van der Waals surface area contributed by atoms with Gasteiger partial charge in [0.05, 0.1) is 17.1 Å². The number of hydrogen-bond donors (Lipinski definition) is 2. The quantitative estimate of drug-likeness (QED) is 0.583. The molecule has 0 bridgehead atoms. The highest BCUT2D eigenvalue weighted by Crippen LogP contribution is 2.23. The summed E-state index contributed by atoms with van der Waals surface area (Å²) in [5.74, 6) is 0.0189. The largest absolute Gasteiger partial charge is 0.493 e. The molecule has 0 spiro atoms. The average Bonchev–Trinajstić information content (AvgIpc) is 2.51. The highest BCUT2D eigenvalue weighted by atomic mass is 32.2. The molecule has 24 heavy (non-hydrogen) atoms. The first-order valence-electron chi connectivity index (χ1n) is 7.83. The molecule has 3 N–H and O–H groups in total. The molecule has 0 aliphatic heterocycles. The van der Waals surface area contributed by atoms with Crippen molar-refractivity contribution in [3.63, 3.8) is 0 Å². The predicted molar refractivity (Wildman–Crippen MR) is 91.6 cm³/mol. The van der Waals surface area contributed by atoms with Crippen LogP contribution in [0.4, 0.5) is 0 Å². The summed E-state index contributed by atoms with van der Waals surface area (Å²) in [6.07, 6.45) is 1.37. The lowest BCUT2D eigenvalue weighted by Crippen LogP contribution is -2.26. The minimum absolute atomic E-state index is 0.0232. The lowest BCUT2D eigenvalue weighted by molar-refractivity contribution is 0.0996. The lowest BCUT2D eigenvalue weighted by atomic mass is 10.1. The number of carbonyl (C=O) groups excluding carboxylic acids is 1. The second-order valence-corrected chi connectivity index (χ2v) is 7.56. The van der Waals surface area contributed by atoms with Crippen LogP contribution < -0.4 is 15.2 Å². The van der Waals surface area contributed by atoms with E-state index < -0.39 is 15.9 Å². The number of methoxy groups -OCH3 is 1. The maximum absolute atomic E-state index is 12.2. The molecular formula is C16H26N2O5S. The number of ether oxygens (including phenoxy) is 2. The van der Waals surface area contributed by atoms with Crippen molar-refractivity contribution < 1.29 is 22.7 Å². The number of nitrogens with two attached hydrogens (primary N) is 1. The standard InChI is InChI=1S/C16H26N2O5S/c1-12(2)7-10-23-15-6-5-13(11-14(15)16(17)19)24(20,21)18-8-4-9-22-3/h5-6,11-12,18H,4,7-10H2,1-3H3,(H2,17,19). The first-order chi connectivity index (χ1) is 11.3. The third-order valence-electron chi connectivity index (χ3n) is 3.30. The first kappa shape index (κ1) is 20.4. The van der Waals surface area contributed by atoms with Crippen molar-refractivity contribution in [1.82, 2.24) is 4.72 Å². The van der Waals surface area contributed by atoms with Gasteiger partial charge in [-0.25, -0.2) is 13.1 Å². The van der Waals surface area contributed by atoms with Crippen molar-refractivity contribution in [3.05, 3.63) is 23.8 Å². The molecule has 7 nitrogen and oxygen atoms in total. The van der Waals surface area contributed by atoms with E-state index in [0.29, 0.717) is 31.3 Å². The summed E-state index contributed by atoms with van der Waals surface area (Å²) < 4.78 is 37.4. The van der Waals surface area contributed by atoms with Crippen LogP contribution in [-0.4, -0.2) is 41.2 Å². The Kier molecular flexibility index (Phi) is 8.17. The van der Waals surface area contributed by atoms with Crippen LogP contribution >= 0.6 is 0 Å². The monoisotopic (exact) mass is 358 g/mol. The van der Waals surface area contributed by atoms with Gasteiger partial charge in [0.1, 0.15) is 5.75 Å². The van der Waals surface area contributed by atoms with E-state index in [0.717, 1.165) is 6.42 Å². The van der Waals surface area contributed by atoms with E-state index in [1.807, 2.05) is 0 Å². The molecule has 0 heterocycles. The number of nitrogens with one attached hydrogen (secondary N) is 1. The highest BCUT2D eigenvalue weighted by Gasteiger charge is 2.18. The van der Waals surface area contributed by atoms with Gasteiger partial charge in [-0.15, -0.1) is 0 Å². The molecule has 0 fully saturated rings. The van der Waals surface area contributed by atoms with Gasteiger partial charge in [0, 0.05) is 20.3 Å². The molecule has 0 saturated carbocycles. The van der Waals surface area contributed by atoms with E-state index in [-0.39, 0.29) is 17.0 Å². The van der Waals surface area contributed by atoms with E-state index >= 15 is 0 Å². The van der Waals surface area contributed by atoms with Crippen molar-refractivity contribution >= 4 is 15.9 Å². The lowest BCUT2D eigenvalue weighted by Gasteiger charge is -2.13. The molecule has 0 aliphatic rings. The Labute approximate surface area is 143 Å².